The molecule has 0 aliphatic carbocycles. The van der Waals surface area contributed by atoms with Gasteiger partial charge in [0.05, 0.1) is 24.9 Å². The van der Waals surface area contributed by atoms with Gasteiger partial charge >= 0.3 is 0 Å². The van der Waals surface area contributed by atoms with Crippen molar-refractivity contribution in [2.75, 3.05) is 0 Å². The van der Waals surface area contributed by atoms with Crippen LogP contribution in [0.5, 0.6) is 0 Å². The fourth-order valence-corrected chi connectivity index (χ4v) is 8.43. The maximum atomic E-state index is 9.24. The van der Waals surface area contributed by atoms with E-state index in [9.17, 15) is 2.74 Å². The van der Waals surface area contributed by atoms with Crippen molar-refractivity contribution < 1.29 is 12.6 Å². The van der Waals surface area contributed by atoms with E-state index in [-0.39, 0.29) is 58.1 Å². The molecule has 0 saturated carbocycles. The quantitative estimate of drug-likeness (QED) is 0.169. The molecule has 0 aliphatic heterocycles. The second-order valence-corrected chi connectivity index (χ2v) is 14.7. The van der Waals surface area contributed by atoms with Crippen LogP contribution in [0.1, 0.15) is 8.22 Å². The van der Waals surface area contributed by atoms with E-state index in [1.165, 1.54) is 22.9 Å². The molecule has 3 aromatic heterocycles. The van der Waals surface area contributed by atoms with Crippen molar-refractivity contribution in [3.8, 4) is 62.1 Å². The maximum absolute atomic E-state index is 9.24. The average molecular weight is 773 g/mol. The van der Waals surface area contributed by atoms with Gasteiger partial charge in [-0.3, -0.25) is 0 Å². The number of furan rings is 1. The van der Waals surface area contributed by atoms with Crippen LogP contribution >= 0.6 is 0 Å². The molecule has 3 heterocycles. The Kier molecular flexibility index (Phi) is 6.48. The molecule has 0 radical (unpaired) electrons. The number of rotatable bonds is 6. The van der Waals surface area contributed by atoms with Crippen LogP contribution in [0.4, 0.5) is 0 Å². The first-order valence-electron chi connectivity index (χ1n) is 22.7. The lowest BCUT2D eigenvalue weighted by molar-refractivity contribution is 0.670. The number of aromatic nitrogens is 4. The molecule has 0 aliphatic rings. The Balaban J connectivity index is 1.12. The van der Waals surface area contributed by atoms with Crippen LogP contribution < -0.4 is 0 Å². The average Bonchev–Trinajstić information content (AvgIpc) is 3.93. The monoisotopic (exact) mass is 772 g/mol. The van der Waals surface area contributed by atoms with Crippen molar-refractivity contribution in [1.82, 2.24) is 19.5 Å². The van der Waals surface area contributed by atoms with Crippen LogP contribution in [-0.4, -0.2) is 19.5 Å². The summed E-state index contributed by atoms with van der Waals surface area (Å²) in [6.45, 7) is 0. The molecule has 9 aromatic carbocycles. The van der Waals surface area contributed by atoms with Gasteiger partial charge in [-0.15, -0.1) is 0 Å². The predicted molar refractivity (Wildman–Crippen MR) is 246 cm³/mol. The topological polar surface area (TPSA) is 56.7 Å². The van der Waals surface area contributed by atoms with Crippen LogP contribution in [0.25, 0.3) is 117 Å². The van der Waals surface area contributed by atoms with Gasteiger partial charge in [0.15, 0.2) is 17.5 Å². The van der Waals surface area contributed by atoms with Crippen molar-refractivity contribution in [2.45, 2.75) is 0 Å². The second kappa shape index (κ2) is 13.8. The van der Waals surface area contributed by atoms with Gasteiger partial charge in [0.25, 0.3) is 0 Å². The lowest BCUT2D eigenvalue weighted by Crippen LogP contribution is -2.02. The van der Waals surface area contributed by atoms with E-state index in [4.69, 9.17) is 24.9 Å². The molecular weight excluding hydrogens is 733 g/mol. The Morgan fingerprint density at radius 2 is 0.967 bits per heavy atom. The minimum absolute atomic E-state index is 0.0504. The molecule has 5 heteroatoms. The van der Waals surface area contributed by atoms with Crippen molar-refractivity contribution in [3.05, 3.63) is 206 Å². The number of para-hydroxylation sites is 4. The summed E-state index contributed by atoms with van der Waals surface area (Å²) in [5.41, 5.74) is 8.18. The summed E-state index contributed by atoms with van der Waals surface area (Å²) in [5, 5.41) is 4.52. The van der Waals surface area contributed by atoms with Gasteiger partial charge in [0, 0.05) is 49.4 Å². The molecule has 0 spiro atoms. The maximum Gasteiger partial charge on any atom is 0.164 e. The van der Waals surface area contributed by atoms with Crippen LogP contribution in [0, 0.1) is 0 Å². The Bertz CT molecular complexity index is 3880. The molecule has 0 bridgehead atoms. The van der Waals surface area contributed by atoms with E-state index in [0.717, 1.165) is 33.0 Å². The highest BCUT2D eigenvalue weighted by molar-refractivity contribution is 6.12. The smallest absolute Gasteiger partial charge is 0.164 e. The molecule has 280 valence electrons. The minimum Gasteiger partial charge on any atom is -0.455 e. The fraction of sp³-hybridized carbons (Fsp3) is 0. The van der Waals surface area contributed by atoms with E-state index in [1.54, 1.807) is 4.57 Å². The molecular formula is C55H34N4O. The Morgan fingerprint density at radius 3 is 1.73 bits per heavy atom. The van der Waals surface area contributed by atoms with Gasteiger partial charge < -0.3 is 8.98 Å². The third-order valence-electron chi connectivity index (χ3n) is 11.2. The third-order valence-corrected chi connectivity index (χ3v) is 11.2. The molecule has 0 N–H and O–H groups in total. The van der Waals surface area contributed by atoms with Crippen molar-refractivity contribution >= 4 is 54.5 Å². The Morgan fingerprint density at radius 1 is 0.400 bits per heavy atom. The predicted octanol–water partition coefficient (Wildman–Crippen LogP) is 14.4. The molecule has 0 saturated heterocycles. The number of benzene rings is 9. The van der Waals surface area contributed by atoms with Crippen LogP contribution in [0.3, 0.4) is 0 Å². The number of fused-ring (bicyclic) bond motifs is 7. The molecule has 0 amide bonds. The number of hydrogen-bond acceptors (Lipinski definition) is 4. The van der Waals surface area contributed by atoms with Gasteiger partial charge in [-0.05, 0) is 58.2 Å². The van der Waals surface area contributed by atoms with E-state index >= 15 is 0 Å². The number of nitrogens with zero attached hydrogens (tertiary/aromatic N) is 4. The largest absolute Gasteiger partial charge is 0.455 e. The Labute approximate surface area is 353 Å². The number of hydrogen-bond donors (Lipinski definition) is 0. The third kappa shape index (κ3) is 5.52. The van der Waals surface area contributed by atoms with Crippen LogP contribution in [-0.2, 0) is 0 Å². The lowest BCUT2D eigenvalue weighted by atomic mass is 9.97. The molecule has 5 nitrogen and oxygen atoms in total. The van der Waals surface area contributed by atoms with E-state index in [1.807, 2.05) is 109 Å². The highest BCUT2D eigenvalue weighted by atomic mass is 16.3. The molecule has 0 atom stereocenters. The summed E-state index contributed by atoms with van der Waals surface area (Å²) < 4.78 is 62.1. The molecule has 60 heavy (non-hydrogen) atoms. The summed E-state index contributed by atoms with van der Waals surface area (Å²) >= 11 is 0. The standard InChI is InChI=1S/C55H34N4O/c1-2-15-37(16-3-1)53-56-54(38-30-28-36(29-31-38)41-22-12-17-35-14-4-5-18-40(35)41)58-55(57-53)39-32-33-50(59-48-25-9-6-19-42(48)43-20-7-10-26-49(43)59)47(34-39)46-24-13-23-45-44-21-8-11-27-51(44)60-52(45)46/h1-34H/i6D,7D,19D,20D,25D,26D. The highest BCUT2D eigenvalue weighted by Gasteiger charge is 2.21. The summed E-state index contributed by atoms with van der Waals surface area (Å²) in [5.74, 6) is 1.38. The van der Waals surface area contributed by atoms with Gasteiger partial charge in [-0.25, -0.2) is 15.0 Å². The lowest BCUT2D eigenvalue weighted by Gasteiger charge is -2.16. The zero-order chi connectivity index (χ0) is 44.8. The van der Waals surface area contributed by atoms with E-state index in [0.29, 0.717) is 51.0 Å². The van der Waals surface area contributed by atoms with Gasteiger partial charge in [0.1, 0.15) is 11.2 Å². The minimum atomic E-state index is -0.183. The van der Waals surface area contributed by atoms with Crippen LogP contribution in [0.2, 0.25) is 0 Å². The van der Waals surface area contributed by atoms with Crippen LogP contribution in [0.15, 0.2) is 211 Å². The van der Waals surface area contributed by atoms with E-state index < -0.39 is 0 Å². The molecule has 0 fully saturated rings. The zero-order valence-corrected chi connectivity index (χ0v) is 31.9. The van der Waals surface area contributed by atoms with E-state index in [2.05, 4.69) is 48.5 Å². The highest BCUT2D eigenvalue weighted by Crippen LogP contribution is 2.42. The summed E-state index contributed by atoms with van der Waals surface area (Å²) in [6, 6.07) is 54.0. The fourth-order valence-electron chi connectivity index (χ4n) is 8.43. The summed E-state index contributed by atoms with van der Waals surface area (Å²) in [7, 11) is 0. The normalized spacial score (nSPS) is 13.1. The molecule has 12 aromatic rings. The Hall–Kier alpha value is -8.15. The first kappa shape index (κ1) is 28.3. The van der Waals surface area contributed by atoms with Gasteiger partial charge in [-0.1, -0.05) is 170 Å². The summed E-state index contributed by atoms with van der Waals surface area (Å²) in [4.78, 5) is 15.3. The van der Waals surface area contributed by atoms with Crippen molar-refractivity contribution in [3.63, 3.8) is 0 Å². The molecule has 0 unspecified atom stereocenters. The summed E-state index contributed by atoms with van der Waals surface area (Å²) in [6.07, 6.45) is 0. The second-order valence-electron chi connectivity index (χ2n) is 14.7. The molecule has 12 rings (SSSR count). The van der Waals surface area contributed by atoms with Gasteiger partial charge in [-0.2, -0.15) is 0 Å². The van der Waals surface area contributed by atoms with Gasteiger partial charge in [0.2, 0.25) is 0 Å². The zero-order valence-electron chi connectivity index (χ0n) is 37.9. The SMILES string of the molecule is [2H]c1cc([2H])c2c(c1[2H])c1c([2H])c([2H])cc([2H])c1n2-c1ccc(-c2nc(-c3ccccc3)nc(-c3ccc(-c4cccc5ccccc45)cc3)n2)cc1-c1cccc2c1oc1ccccc12. The first-order chi connectivity index (χ1) is 32.2. The first-order valence-corrected chi connectivity index (χ1v) is 19.7. The van der Waals surface area contributed by atoms with Crippen molar-refractivity contribution in [1.29, 1.82) is 0 Å². The van der Waals surface area contributed by atoms with Crippen molar-refractivity contribution in [2.24, 2.45) is 0 Å².